The molecule has 0 aliphatic heterocycles. The average molecular weight is 283 g/mol. The van der Waals surface area contributed by atoms with Crippen molar-refractivity contribution >= 4 is 5.97 Å². The number of carboxylic acid groups (broad SMARTS) is 1. The van der Waals surface area contributed by atoms with E-state index in [0.717, 1.165) is 0 Å². The molecule has 0 radical (unpaired) electrons. The second-order valence-corrected chi connectivity index (χ2v) is 4.35. The number of methoxy groups -OCH3 is 2. The van der Waals surface area contributed by atoms with Crippen LogP contribution in [0.5, 0.6) is 5.75 Å². The Hall–Kier alpha value is -1.63. The summed E-state index contributed by atoms with van der Waals surface area (Å²) in [7, 11) is 3.15. The number of rotatable bonds is 9. The molecule has 0 aliphatic rings. The van der Waals surface area contributed by atoms with Gasteiger partial charge in [0.25, 0.3) is 0 Å². The van der Waals surface area contributed by atoms with E-state index in [9.17, 15) is 15.0 Å². The Bertz CT molecular complexity index is 399. The molecule has 0 fully saturated rings. The van der Waals surface area contributed by atoms with Crippen LogP contribution in [0.25, 0.3) is 0 Å². The van der Waals surface area contributed by atoms with E-state index < -0.39 is 12.0 Å². The molecule has 0 aliphatic carbocycles. The van der Waals surface area contributed by atoms with Crippen molar-refractivity contribution in [2.24, 2.45) is 0 Å². The number of aromatic hydroxyl groups is 1. The Morgan fingerprint density at radius 3 is 2.05 bits per heavy atom. The molecule has 1 atom stereocenters. The molecule has 112 valence electrons. The summed E-state index contributed by atoms with van der Waals surface area (Å²) in [6.07, 6.45) is 0. The summed E-state index contributed by atoms with van der Waals surface area (Å²) in [4.78, 5) is 13.3. The van der Waals surface area contributed by atoms with Crippen LogP contribution in [0.2, 0.25) is 0 Å². The number of phenols is 1. The normalized spacial score (nSPS) is 12.6. The molecule has 6 heteroatoms. The van der Waals surface area contributed by atoms with Crippen LogP contribution in [0.1, 0.15) is 11.6 Å². The zero-order chi connectivity index (χ0) is 15.0. The summed E-state index contributed by atoms with van der Waals surface area (Å²) in [5.41, 5.74) is 0.613. The molecule has 0 saturated heterocycles. The SMILES string of the molecule is COCCN(CCOC)C(C(=O)O)c1ccc(O)cc1. The maximum atomic E-state index is 11.6. The Labute approximate surface area is 118 Å². The van der Waals surface area contributed by atoms with Crippen LogP contribution in [-0.4, -0.2) is 61.6 Å². The van der Waals surface area contributed by atoms with Crippen molar-refractivity contribution in [3.63, 3.8) is 0 Å². The minimum absolute atomic E-state index is 0.109. The number of carbonyl (C=O) groups is 1. The first-order valence-electron chi connectivity index (χ1n) is 6.33. The number of phenolic OH excluding ortho intramolecular Hbond substituents is 1. The van der Waals surface area contributed by atoms with Gasteiger partial charge in [-0.3, -0.25) is 9.69 Å². The van der Waals surface area contributed by atoms with E-state index in [-0.39, 0.29) is 5.75 Å². The van der Waals surface area contributed by atoms with Gasteiger partial charge in [0.05, 0.1) is 13.2 Å². The van der Waals surface area contributed by atoms with Gasteiger partial charge in [-0.25, -0.2) is 0 Å². The summed E-state index contributed by atoms with van der Waals surface area (Å²) in [6.45, 7) is 1.84. The maximum Gasteiger partial charge on any atom is 0.325 e. The third-order valence-corrected chi connectivity index (χ3v) is 2.97. The van der Waals surface area contributed by atoms with Crippen LogP contribution in [0.15, 0.2) is 24.3 Å². The van der Waals surface area contributed by atoms with E-state index in [1.165, 1.54) is 12.1 Å². The molecule has 0 saturated carbocycles. The molecule has 2 N–H and O–H groups in total. The zero-order valence-corrected chi connectivity index (χ0v) is 11.8. The highest BCUT2D eigenvalue weighted by molar-refractivity contribution is 5.75. The highest BCUT2D eigenvalue weighted by atomic mass is 16.5. The molecule has 1 unspecified atom stereocenters. The summed E-state index contributed by atoms with van der Waals surface area (Å²) < 4.78 is 10.0. The van der Waals surface area contributed by atoms with Crippen LogP contribution in [0, 0.1) is 0 Å². The van der Waals surface area contributed by atoms with Gasteiger partial charge >= 0.3 is 5.97 Å². The largest absolute Gasteiger partial charge is 0.508 e. The first-order chi connectivity index (χ1) is 9.60. The molecule has 6 nitrogen and oxygen atoms in total. The van der Waals surface area contributed by atoms with Gasteiger partial charge in [0.1, 0.15) is 11.8 Å². The van der Waals surface area contributed by atoms with E-state index in [4.69, 9.17) is 9.47 Å². The van der Waals surface area contributed by atoms with Gasteiger partial charge in [0.15, 0.2) is 0 Å². The second-order valence-electron chi connectivity index (χ2n) is 4.35. The molecule has 0 bridgehead atoms. The molecule has 1 aromatic carbocycles. The highest BCUT2D eigenvalue weighted by Crippen LogP contribution is 2.23. The van der Waals surface area contributed by atoms with Gasteiger partial charge in [-0.1, -0.05) is 12.1 Å². The lowest BCUT2D eigenvalue weighted by Gasteiger charge is -2.28. The summed E-state index contributed by atoms with van der Waals surface area (Å²) in [5, 5.41) is 18.8. The molecule has 0 heterocycles. The van der Waals surface area contributed by atoms with E-state index in [1.54, 1.807) is 31.3 Å². The van der Waals surface area contributed by atoms with Gasteiger partial charge < -0.3 is 19.7 Å². The number of benzene rings is 1. The van der Waals surface area contributed by atoms with Crippen LogP contribution < -0.4 is 0 Å². The van der Waals surface area contributed by atoms with Crippen molar-refractivity contribution in [2.75, 3.05) is 40.5 Å². The van der Waals surface area contributed by atoms with Crippen LogP contribution >= 0.6 is 0 Å². The topological polar surface area (TPSA) is 79.2 Å². The first kappa shape index (κ1) is 16.4. The number of carboxylic acids is 1. The highest BCUT2D eigenvalue weighted by Gasteiger charge is 2.26. The smallest absolute Gasteiger partial charge is 0.325 e. The summed E-state index contributed by atoms with van der Waals surface area (Å²) in [5.74, 6) is -0.832. The summed E-state index contributed by atoms with van der Waals surface area (Å²) in [6, 6.07) is 5.40. The lowest BCUT2D eigenvalue weighted by atomic mass is 10.1. The molecule has 20 heavy (non-hydrogen) atoms. The standard InChI is InChI=1S/C14H21NO5/c1-19-9-7-15(8-10-20-2)13(14(17)18)11-3-5-12(16)6-4-11/h3-6,13,16H,7-10H2,1-2H3,(H,17,18). The average Bonchev–Trinajstić information content (AvgIpc) is 2.43. The van der Waals surface area contributed by atoms with Crippen molar-refractivity contribution in [1.82, 2.24) is 4.90 Å². The van der Waals surface area contributed by atoms with Gasteiger partial charge in [-0.15, -0.1) is 0 Å². The van der Waals surface area contributed by atoms with Crippen molar-refractivity contribution < 1.29 is 24.5 Å². The molecule has 1 aromatic rings. The summed E-state index contributed by atoms with van der Waals surface area (Å²) >= 11 is 0. The van der Waals surface area contributed by atoms with Gasteiger partial charge in [-0.2, -0.15) is 0 Å². The van der Waals surface area contributed by atoms with Crippen LogP contribution in [0.3, 0.4) is 0 Å². The number of hydrogen-bond acceptors (Lipinski definition) is 5. The fourth-order valence-corrected chi connectivity index (χ4v) is 1.95. The Morgan fingerprint density at radius 2 is 1.65 bits per heavy atom. The second kappa shape index (κ2) is 8.52. The molecule has 0 aromatic heterocycles. The van der Waals surface area contributed by atoms with Crippen molar-refractivity contribution in [2.45, 2.75) is 6.04 Å². The fourth-order valence-electron chi connectivity index (χ4n) is 1.95. The number of ether oxygens (including phenoxy) is 2. The Morgan fingerprint density at radius 1 is 1.15 bits per heavy atom. The predicted molar refractivity (Wildman–Crippen MR) is 73.8 cm³/mol. The lowest BCUT2D eigenvalue weighted by molar-refractivity contribution is -0.144. The van der Waals surface area contributed by atoms with Gasteiger partial charge in [-0.05, 0) is 17.7 Å². The monoisotopic (exact) mass is 283 g/mol. The van der Waals surface area contributed by atoms with E-state index in [0.29, 0.717) is 31.9 Å². The minimum atomic E-state index is -0.942. The fraction of sp³-hybridized carbons (Fsp3) is 0.500. The molecule has 0 amide bonds. The molecule has 1 rings (SSSR count). The quantitative estimate of drug-likeness (QED) is 0.707. The van der Waals surface area contributed by atoms with E-state index >= 15 is 0 Å². The number of hydrogen-bond donors (Lipinski definition) is 2. The maximum absolute atomic E-state index is 11.6. The zero-order valence-electron chi connectivity index (χ0n) is 11.8. The number of aliphatic carboxylic acids is 1. The number of nitrogens with zero attached hydrogens (tertiary/aromatic N) is 1. The molecular formula is C14H21NO5. The lowest BCUT2D eigenvalue weighted by Crippen LogP contribution is -2.38. The van der Waals surface area contributed by atoms with E-state index in [2.05, 4.69) is 0 Å². The molecule has 0 spiro atoms. The van der Waals surface area contributed by atoms with E-state index in [1.807, 2.05) is 0 Å². The minimum Gasteiger partial charge on any atom is -0.508 e. The van der Waals surface area contributed by atoms with Crippen LogP contribution in [0.4, 0.5) is 0 Å². The van der Waals surface area contributed by atoms with Gasteiger partial charge in [0, 0.05) is 27.3 Å². The van der Waals surface area contributed by atoms with Gasteiger partial charge in [0.2, 0.25) is 0 Å². The third-order valence-electron chi connectivity index (χ3n) is 2.97. The molecular weight excluding hydrogens is 262 g/mol. The van der Waals surface area contributed by atoms with Crippen LogP contribution in [-0.2, 0) is 14.3 Å². The predicted octanol–water partition coefficient (Wildman–Crippen LogP) is 1.11. The van der Waals surface area contributed by atoms with Crippen molar-refractivity contribution in [3.05, 3.63) is 29.8 Å². The Balaban J connectivity index is 2.93. The Kier molecular flexibility index (Phi) is 7.00. The van der Waals surface area contributed by atoms with Crippen molar-refractivity contribution in [3.8, 4) is 5.75 Å². The first-order valence-corrected chi connectivity index (χ1v) is 6.33. The van der Waals surface area contributed by atoms with Crippen molar-refractivity contribution in [1.29, 1.82) is 0 Å². The third kappa shape index (κ3) is 4.80.